The van der Waals surface area contributed by atoms with Crippen molar-refractivity contribution in [3.05, 3.63) is 56.5 Å². The molecular formula is C29H42N4O4S2. The summed E-state index contributed by atoms with van der Waals surface area (Å²) in [5.74, 6) is -0.364. The number of nitrogens with one attached hydrogen (secondary N) is 2. The number of urea groups is 1. The largest absolute Gasteiger partial charge is 0.456 e. The van der Waals surface area contributed by atoms with Crippen LogP contribution in [0, 0.1) is 0 Å². The summed E-state index contributed by atoms with van der Waals surface area (Å²) in [5, 5.41) is 7.82. The van der Waals surface area contributed by atoms with Crippen molar-refractivity contribution < 1.29 is 21.9 Å². The van der Waals surface area contributed by atoms with Gasteiger partial charge in [0.05, 0.1) is 12.2 Å². The van der Waals surface area contributed by atoms with Gasteiger partial charge < -0.3 is 19.4 Å². The van der Waals surface area contributed by atoms with Crippen LogP contribution in [0.4, 0.5) is 9.80 Å². The van der Waals surface area contributed by atoms with E-state index in [0.717, 1.165) is 74.5 Å². The number of amides is 2. The number of hydrogen-bond donors (Lipinski definition) is 2. The zero-order valence-electron chi connectivity index (χ0n) is 23.2. The molecule has 0 fully saturated rings. The van der Waals surface area contributed by atoms with E-state index in [1.54, 1.807) is 18.4 Å². The molecule has 0 bridgehead atoms. The first-order chi connectivity index (χ1) is 18.7. The summed E-state index contributed by atoms with van der Waals surface area (Å²) in [6.45, 7) is 9.50. The van der Waals surface area contributed by atoms with Crippen LogP contribution >= 0.6 is 22.7 Å². The highest BCUT2D eigenvalue weighted by atomic mass is 32.1. The van der Waals surface area contributed by atoms with Gasteiger partial charge in [0.25, 0.3) is 0 Å². The minimum atomic E-state index is -0.605. The van der Waals surface area contributed by atoms with E-state index in [0.29, 0.717) is 17.1 Å². The second kappa shape index (κ2) is 11.8. The molecule has 2 amide bonds. The third-order valence-corrected chi connectivity index (χ3v) is 9.58. The Labute approximate surface area is 241 Å². The molecule has 0 atom stereocenters. The lowest BCUT2D eigenvalue weighted by Crippen LogP contribution is -2.33. The van der Waals surface area contributed by atoms with Crippen LogP contribution in [-0.4, -0.2) is 53.9 Å². The summed E-state index contributed by atoms with van der Waals surface area (Å²) < 4.78 is 13.1. The lowest BCUT2D eigenvalue weighted by atomic mass is 9.95. The smallest absolute Gasteiger partial charge is 0.341 e. The lowest BCUT2D eigenvalue weighted by Gasteiger charge is -2.26. The molecular weight excluding hydrogens is 532 g/mol. The molecule has 0 unspecified atom stereocenters. The van der Waals surface area contributed by atoms with E-state index < -0.39 is 5.60 Å². The van der Waals surface area contributed by atoms with Crippen LogP contribution in [0.3, 0.4) is 0 Å². The zero-order valence-corrected chi connectivity index (χ0v) is 24.9. The highest BCUT2D eigenvalue weighted by molar-refractivity contribution is 7.17. The number of fused-ring (bicyclic) bond motifs is 2. The van der Waals surface area contributed by atoms with Crippen LogP contribution in [0.5, 0.6) is 0 Å². The molecule has 214 valence electrons. The topological polar surface area (TPSA) is 84.8 Å². The molecule has 3 aromatic heterocycles. The number of aromatic nitrogens is 1. The molecule has 0 aromatic carbocycles. The van der Waals surface area contributed by atoms with Gasteiger partial charge in [-0.05, 0) is 76.1 Å². The van der Waals surface area contributed by atoms with Gasteiger partial charge in [-0.15, -0.1) is 22.7 Å². The predicted molar refractivity (Wildman–Crippen MR) is 161 cm³/mol. The van der Waals surface area contributed by atoms with Crippen molar-refractivity contribution in [1.82, 2.24) is 14.8 Å². The lowest BCUT2D eigenvalue weighted by molar-refractivity contribution is 0.00699. The molecule has 10 heteroatoms. The summed E-state index contributed by atoms with van der Waals surface area (Å²) in [6.07, 6.45) is 8.95. The molecule has 8 nitrogen and oxygen atoms in total. The number of esters is 1. The van der Waals surface area contributed by atoms with Crippen molar-refractivity contribution in [3.8, 4) is 5.00 Å². The Kier molecular flexibility index (Phi) is 8.46. The maximum absolute atomic E-state index is 13.2. The molecule has 0 radical (unpaired) electrons. The van der Waals surface area contributed by atoms with Crippen LogP contribution in [0.25, 0.3) is 5.00 Å². The molecule has 3 aromatic rings. The van der Waals surface area contributed by atoms with Crippen molar-refractivity contribution >= 4 is 39.7 Å². The molecule has 0 saturated heterocycles. The van der Waals surface area contributed by atoms with Gasteiger partial charge >= 0.3 is 12.0 Å². The van der Waals surface area contributed by atoms with Crippen molar-refractivity contribution in [3.63, 3.8) is 0 Å². The van der Waals surface area contributed by atoms with Gasteiger partial charge in [0.1, 0.15) is 15.6 Å². The number of rotatable bonds is 8. The van der Waals surface area contributed by atoms with E-state index in [1.807, 2.05) is 45.3 Å². The predicted octanol–water partition coefficient (Wildman–Crippen LogP) is 6.25. The summed E-state index contributed by atoms with van der Waals surface area (Å²) in [4.78, 5) is 31.3. The number of carbonyl (C=O) groups is 2. The number of hydrogen-bond acceptors (Lipinski definition) is 7. The third kappa shape index (κ3) is 6.40. The first-order valence-corrected chi connectivity index (χ1v) is 15.3. The van der Waals surface area contributed by atoms with Gasteiger partial charge in [0, 0.05) is 63.9 Å². The molecule has 0 saturated carbocycles. The van der Waals surface area contributed by atoms with E-state index in [-0.39, 0.29) is 14.9 Å². The Hall–Kier alpha value is -2.66. The molecule has 0 spiro atoms. The molecule has 1 aliphatic heterocycles. The molecule has 1 aliphatic carbocycles. The van der Waals surface area contributed by atoms with Crippen LogP contribution < -0.4 is 10.6 Å². The molecule has 39 heavy (non-hydrogen) atoms. The molecule has 2 N–H and O–H groups in total. The quantitative estimate of drug-likeness (QED) is 0.311. The van der Waals surface area contributed by atoms with Gasteiger partial charge in [-0.25, -0.2) is 9.59 Å². The highest BCUT2D eigenvalue weighted by Crippen LogP contribution is 2.39. The van der Waals surface area contributed by atoms with E-state index in [1.165, 1.54) is 26.7 Å². The maximum atomic E-state index is 13.2. The Balaban J connectivity index is 0.00000231. The molecule has 4 heterocycles. The van der Waals surface area contributed by atoms with Crippen LogP contribution in [0.1, 0.15) is 73.3 Å². The highest BCUT2D eigenvalue weighted by Gasteiger charge is 2.30. The fourth-order valence-corrected chi connectivity index (χ4v) is 7.94. The average molecular weight is 575 g/mol. The van der Waals surface area contributed by atoms with E-state index in [2.05, 4.69) is 20.1 Å². The number of thiophene rings is 2. The van der Waals surface area contributed by atoms with Crippen LogP contribution in [-0.2, 0) is 41.8 Å². The molecule has 5 rings (SSSR count). The van der Waals surface area contributed by atoms with E-state index >= 15 is 0 Å². The number of ether oxygens (including phenoxy) is 2. The van der Waals surface area contributed by atoms with Crippen molar-refractivity contribution in [2.75, 3.05) is 32.1 Å². The normalized spacial score (nSPS) is 15.5. The van der Waals surface area contributed by atoms with Gasteiger partial charge in [-0.1, -0.05) is 0 Å². The first-order valence-electron chi connectivity index (χ1n) is 13.6. The van der Waals surface area contributed by atoms with Crippen LogP contribution in [0.15, 0.2) is 24.5 Å². The SMILES string of the molecule is COCCN1CCc2c(sc(-n3cccc3)c2CNC(=O)Nc2sc3c(c2C(=O)OC(C)(C)C)CCCC3)C1.[HH].[HH]. The van der Waals surface area contributed by atoms with Crippen molar-refractivity contribution in [1.29, 1.82) is 0 Å². The zero-order chi connectivity index (χ0) is 27.6. The summed E-state index contributed by atoms with van der Waals surface area (Å²) in [7, 11) is 1.74. The maximum Gasteiger partial charge on any atom is 0.341 e. The Morgan fingerprint density at radius 2 is 1.82 bits per heavy atom. The Morgan fingerprint density at radius 3 is 2.56 bits per heavy atom. The number of methoxy groups -OCH3 is 1. The summed E-state index contributed by atoms with van der Waals surface area (Å²) in [5.41, 5.74) is 3.45. The van der Waals surface area contributed by atoms with Gasteiger partial charge in [0.2, 0.25) is 0 Å². The second-order valence-electron chi connectivity index (χ2n) is 11.1. The average Bonchev–Trinajstić information content (AvgIpc) is 3.61. The summed E-state index contributed by atoms with van der Waals surface area (Å²) >= 11 is 3.30. The van der Waals surface area contributed by atoms with Crippen LogP contribution in [0.2, 0.25) is 0 Å². The first kappa shape index (κ1) is 27.9. The number of carbonyl (C=O) groups excluding carboxylic acids is 2. The molecule has 2 aliphatic rings. The Morgan fingerprint density at radius 1 is 1.05 bits per heavy atom. The van der Waals surface area contributed by atoms with Crippen molar-refractivity contribution in [2.24, 2.45) is 0 Å². The van der Waals surface area contributed by atoms with Gasteiger partial charge in [-0.3, -0.25) is 10.2 Å². The van der Waals surface area contributed by atoms with Gasteiger partial charge in [-0.2, -0.15) is 0 Å². The third-order valence-electron chi connectivity index (χ3n) is 7.10. The monoisotopic (exact) mass is 574 g/mol. The second-order valence-corrected chi connectivity index (χ2v) is 13.3. The fourth-order valence-electron chi connectivity index (χ4n) is 5.29. The van der Waals surface area contributed by atoms with Gasteiger partial charge in [0.15, 0.2) is 0 Å². The fraction of sp³-hybridized carbons (Fsp3) is 0.517. The van der Waals surface area contributed by atoms with Crippen molar-refractivity contribution in [2.45, 2.75) is 71.6 Å². The Bertz CT molecular complexity index is 1330. The minimum absolute atomic E-state index is 0. The number of nitrogens with zero attached hydrogens (tertiary/aromatic N) is 2. The van der Waals surface area contributed by atoms with E-state index in [9.17, 15) is 9.59 Å². The van der Waals surface area contributed by atoms with E-state index in [4.69, 9.17) is 9.47 Å². The number of aryl methyl sites for hydroxylation is 1. The minimum Gasteiger partial charge on any atom is -0.456 e. The standard InChI is InChI=1S/C29H38N4O4S2.2H2/c1-29(2,3)37-27(34)24-20-9-5-6-10-22(20)38-25(24)31-28(35)30-17-21-19-11-14-32(15-16-36-4)18-23(19)39-26(21)33-12-7-8-13-33;;/h7-8,12-13H,5-6,9-11,14-18H2,1-4H3,(H2,30,31,35);2*1H. The number of anilines is 1. The summed E-state index contributed by atoms with van der Waals surface area (Å²) in [6, 6.07) is 3.73.